The van der Waals surface area contributed by atoms with E-state index in [0.29, 0.717) is 17.2 Å². The molecule has 2 unspecified atom stereocenters. The first-order valence-electron chi connectivity index (χ1n) is 6.39. The van der Waals surface area contributed by atoms with Gasteiger partial charge in [0.15, 0.2) is 0 Å². The third-order valence-electron chi connectivity index (χ3n) is 3.54. The lowest BCUT2D eigenvalue weighted by Crippen LogP contribution is -2.22. The molecule has 1 heterocycles. The molecule has 2 aromatic rings. The molecule has 2 aromatic carbocycles. The highest BCUT2D eigenvalue weighted by Crippen LogP contribution is 2.38. The van der Waals surface area contributed by atoms with Gasteiger partial charge in [-0.3, -0.25) is 0 Å². The molecule has 2 atom stereocenters. The van der Waals surface area contributed by atoms with Gasteiger partial charge in [0.05, 0.1) is 6.61 Å². The van der Waals surface area contributed by atoms with Crippen molar-refractivity contribution in [1.29, 1.82) is 0 Å². The first kappa shape index (κ1) is 12.7. The van der Waals surface area contributed by atoms with Gasteiger partial charge in [-0.2, -0.15) is 0 Å². The van der Waals surface area contributed by atoms with Gasteiger partial charge in [0, 0.05) is 10.6 Å². The second-order valence-electron chi connectivity index (χ2n) is 4.71. The fourth-order valence-corrected chi connectivity index (χ4v) is 2.81. The topological polar surface area (TPSA) is 29.5 Å². The molecule has 0 aromatic heterocycles. The van der Waals surface area contributed by atoms with Gasteiger partial charge >= 0.3 is 0 Å². The van der Waals surface area contributed by atoms with Crippen LogP contribution in [0.25, 0.3) is 0 Å². The van der Waals surface area contributed by atoms with Crippen molar-refractivity contribution in [1.82, 2.24) is 0 Å². The van der Waals surface area contributed by atoms with Gasteiger partial charge in [-0.15, -0.1) is 0 Å². The fraction of sp³-hybridized carbons (Fsp3) is 0.250. The van der Waals surface area contributed by atoms with Crippen LogP contribution in [0.5, 0.6) is 0 Å². The largest absolute Gasteiger partial charge is 0.385 e. The minimum Gasteiger partial charge on any atom is -0.385 e. The summed E-state index contributed by atoms with van der Waals surface area (Å²) in [6.45, 7) is 0.628. The van der Waals surface area contributed by atoms with Gasteiger partial charge in [-0.05, 0) is 23.6 Å². The van der Waals surface area contributed by atoms with E-state index in [0.717, 1.165) is 12.0 Å². The molecule has 2 nitrogen and oxygen atoms in total. The molecule has 0 amide bonds. The van der Waals surface area contributed by atoms with Gasteiger partial charge in [0.25, 0.3) is 0 Å². The normalized spacial score (nSPS) is 19.8. The Morgan fingerprint density at radius 3 is 2.68 bits per heavy atom. The van der Waals surface area contributed by atoms with Crippen molar-refractivity contribution in [2.24, 2.45) is 0 Å². The van der Waals surface area contributed by atoms with Crippen LogP contribution in [0, 0.1) is 0 Å². The summed E-state index contributed by atoms with van der Waals surface area (Å²) < 4.78 is 5.77. The lowest BCUT2D eigenvalue weighted by molar-refractivity contribution is -0.0482. The average molecular weight is 275 g/mol. The first-order chi connectivity index (χ1) is 9.27. The van der Waals surface area contributed by atoms with E-state index >= 15 is 0 Å². The number of aliphatic hydroxyl groups excluding tert-OH is 1. The summed E-state index contributed by atoms with van der Waals surface area (Å²) >= 11 is 6.15. The zero-order valence-electron chi connectivity index (χ0n) is 10.4. The molecule has 0 aliphatic carbocycles. The Labute approximate surface area is 117 Å². The van der Waals surface area contributed by atoms with E-state index in [-0.39, 0.29) is 6.10 Å². The Balaban J connectivity index is 1.98. The summed E-state index contributed by atoms with van der Waals surface area (Å²) in [6, 6.07) is 15.4. The maximum absolute atomic E-state index is 10.6. The molecule has 0 spiro atoms. The van der Waals surface area contributed by atoms with Crippen molar-refractivity contribution in [2.45, 2.75) is 18.6 Å². The molecule has 1 aliphatic rings. The minimum atomic E-state index is -0.741. The second-order valence-corrected chi connectivity index (χ2v) is 5.11. The lowest BCUT2D eigenvalue weighted by Gasteiger charge is -2.30. The average Bonchev–Trinajstić information content (AvgIpc) is 2.46. The third kappa shape index (κ3) is 2.39. The van der Waals surface area contributed by atoms with Crippen molar-refractivity contribution in [3.05, 3.63) is 70.2 Å². The molecular weight excluding hydrogens is 260 g/mol. The number of benzene rings is 2. The van der Waals surface area contributed by atoms with Crippen molar-refractivity contribution < 1.29 is 9.84 Å². The van der Waals surface area contributed by atoms with Crippen LogP contribution in [-0.4, -0.2) is 11.7 Å². The highest BCUT2D eigenvalue weighted by atomic mass is 35.5. The van der Waals surface area contributed by atoms with Gasteiger partial charge in [0.1, 0.15) is 12.2 Å². The van der Waals surface area contributed by atoms with Crippen LogP contribution < -0.4 is 0 Å². The van der Waals surface area contributed by atoms with Gasteiger partial charge < -0.3 is 9.84 Å². The fourth-order valence-electron chi connectivity index (χ4n) is 2.56. The molecule has 0 fully saturated rings. The monoisotopic (exact) mass is 274 g/mol. The molecule has 3 rings (SSSR count). The number of hydrogen-bond donors (Lipinski definition) is 1. The predicted molar refractivity (Wildman–Crippen MR) is 75.3 cm³/mol. The summed E-state index contributed by atoms with van der Waals surface area (Å²) in [7, 11) is 0. The quantitative estimate of drug-likeness (QED) is 0.905. The smallest absolute Gasteiger partial charge is 0.113 e. The van der Waals surface area contributed by atoms with E-state index in [9.17, 15) is 5.11 Å². The molecule has 0 bridgehead atoms. The van der Waals surface area contributed by atoms with Crippen LogP contribution in [0.3, 0.4) is 0 Å². The molecule has 98 valence electrons. The molecule has 1 N–H and O–H groups in total. The number of rotatable bonds is 2. The Morgan fingerprint density at radius 1 is 1.11 bits per heavy atom. The minimum absolute atomic E-state index is 0.343. The summed E-state index contributed by atoms with van der Waals surface area (Å²) in [5, 5.41) is 11.1. The highest BCUT2D eigenvalue weighted by molar-refractivity contribution is 6.31. The molecule has 0 saturated heterocycles. The highest BCUT2D eigenvalue weighted by Gasteiger charge is 2.29. The van der Waals surface area contributed by atoms with Crippen LogP contribution in [0.15, 0.2) is 48.5 Å². The second kappa shape index (κ2) is 5.33. The van der Waals surface area contributed by atoms with E-state index in [1.54, 1.807) is 6.07 Å². The number of ether oxygens (including phenoxy) is 1. The third-order valence-corrected chi connectivity index (χ3v) is 3.89. The van der Waals surface area contributed by atoms with Gasteiger partial charge in [-0.25, -0.2) is 0 Å². The number of fused-ring (bicyclic) bond motifs is 1. The molecular formula is C16H15ClO2. The summed E-state index contributed by atoms with van der Waals surface area (Å²) in [5.74, 6) is 0. The van der Waals surface area contributed by atoms with Crippen LogP contribution >= 0.6 is 11.6 Å². The zero-order chi connectivity index (χ0) is 13.2. The van der Waals surface area contributed by atoms with E-state index < -0.39 is 6.10 Å². The SMILES string of the molecule is OC(c1ccccc1Cl)C1OCCc2ccccc21. The number of aliphatic hydroxyl groups is 1. The Bertz CT molecular complexity index is 582. The van der Waals surface area contributed by atoms with E-state index in [1.807, 2.05) is 36.4 Å². The number of halogens is 1. The van der Waals surface area contributed by atoms with Crippen molar-refractivity contribution in [2.75, 3.05) is 6.61 Å². The van der Waals surface area contributed by atoms with E-state index in [2.05, 4.69) is 6.07 Å². The Morgan fingerprint density at radius 2 is 1.84 bits per heavy atom. The van der Waals surface area contributed by atoms with Gasteiger partial charge in [-0.1, -0.05) is 54.1 Å². The maximum atomic E-state index is 10.6. The molecule has 0 saturated carbocycles. The molecule has 0 radical (unpaired) electrons. The number of hydrogen-bond acceptors (Lipinski definition) is 2. The molecule has 19 heavy (non-hydrogen) atoms. The Kier molecular flexibility index (Phi) is 3.56. The van der Waals surface area contributed by atoms with E-state index in [4.69, 9.17) is 16.3 Å². The lowest BCUT2D eigenvalue weighted by atomic mass is 9.91. The summed E-state index contributed by atoms with van der Waals surface area (Å²) in [5.41, 5.74) is 3.01. The first-order valence-corrected chi connectivity index (χ1v) is 6.77. The van der Waals surface area contributed by atoms with Crippen molar-refractivity contribution in [3.63, 3.8) is 0 Å². The Hall–Kier alpha value is -1.35. The summed E-state index contributed by atoms with van der Waals surface area (Å²) in [4.78, 5) is 0. The standard InChI is InChI=1S/C16H15ClO2/c17-14-8-4-3-7-13(14)15(18)16-12-6-2-1-5-11(12)9-10-19-16/h1-8,15-16,18H,9-10H2. The van der Waals surface area contributed by atoms with Gasteiger partial charge in [0.2, 0.25) is 0 Å². The maximum Gasteiger partial charge on any atom is 0.113 e. The van der Waals surface area contributed by atoms with Crippen LogP contribution in [0.2, 0.25) is 5.02 Å². The predicted octanol–water partition coefficient (Wildman–Crippen LogP) is 3.69. The zero-order valence-corrected chi connectivity index (χ0v) is 11.2. The van der Waals surface area contributed by atoms with Crippen LogP contribution in [0.1, 0.15) is 28.9 Å². The van der Waals surface area contributed by atoms with Crippen LogP contribution in [-0.2, 0) is 11.2 Å². The summed E-state index contributed by atoms with van der Waals surface area (Å²) in [6.07, 6.45) is -0.193. The van der Waals surface area contributed by atoms with Crippen LogP contribution in [0.4, 0.5) is 0 Å². The molecule has 3 heteroatoms. The van der Waals surface area contributed by atoms with Crippen molar-refractivity contribution in [3.8, 4) is 0 Å². The van der Waals surface area contributed by atoms with E-state index in [1.165, 1.54) is 5.56 Å². The van der Waals surface area contributed by atoms with Crippen molar-refractivity contribution >= 4 is 11.6 Å². The molecule has 1 aliphatic heterocycles.